The first-order valence-electron chi connectivity index (χ1n) is 6.78. The van der Waals surface area contributed by atoms with E-state index in [1.165, 1.54) is 22.3 Å². The molecule has 1 aliphatic heterocycles. The Morgan fingerprint density at radius 2 is 2.05 bits per heavy atom. The maximum absolute atomic E-state index is 11.9. The quantitative estimate of drug-likeness (QED) is 0.874. The third kappa shape index (κ3) is 2.73. The summed E-state index contributed by atoms with van der Waals surface area (Å²) < 4.78 is 0. The van der Waals surface area contributed by atoms with Gasteiger partial charge in [0.25, 0.3) is 0 Å². The van der Waals surface area contributed by atoms with E-state index in [1.54, 1.807) is 4.90 Å². The van der Waals surface area contributed by atoms with Crippen LogP contribution in [0.25, 0.3) is 0 Å². The second-order valence-electron chi connectivity index (χ2n) is 5.61. The summed E-state index contributed by atoms with van der Waals surface area (Å²) in [6.07, 6.45) is 0. The van der Waals surface area contributed by atoms with Crippen LogP contribution in [0.5, 0.6) is 0 Å². The van der Waals surface area contributed by atoms with Crippen molar-refractivity contribution in [3.63, 3.8) is 0 Å². The number of urea groups is 1. The fraction of sp³-hybridized carbons (Fsp3) is 0.533. The van der Waals surface area contributed by atoms with Gasteiger partial charge in [0.1, 0.15) is 0 Å². The number of nitrogens with two attached hydrogens (primary N) is 1. The third-order valence-electron chi connectivity index (χ3n) is 3.97. The van der Waals surface area contributed by atoms with Crippen molar-refractivity contribution in [3.8, 4) is 0 Å². The second kappa shape index (κ2) is 5.21. The fourth-order valence-electron chi connectivity index (χ4n) is 2.62. The van der Waals surface area contributed by atoms with Crippen molar-refractivity contribution in [2.75, 3.05) is 13.1 Å². The molecule has 2 unspecified atom stereocenters. The maximum Gasteiger partial charge on any atom is 0.318 e. The second-order valence-corrected chi connectivity index (χ2v) is 5.61. The molecule has 1 fully saturated rings. The summed E-state index contributed by atoms with van der Waals surface area (Å²) in [5, 5.41) is 3.04. The molecule has 0 saturated carbocycles. The minimum Gasteiger partial charge on any atom is -0.329 e. The van der Waals surface area contributed by atoms with Gasteiger partial charge in [-0.05, 0) is 49.9 Å². The minimum absolute atomic E-state index is 0.00495. The molecule has 3 N–H and O–H groups in total. The van der Waals surface area contributed by atoms with Crippen molar-refractivity contribution >= 4 is 6.03 Å². The lowest BCUT2D eigenvalue weighted by Gasteiger charge is -2.18. The Hall–Kier alpha value is -1.55. The fourth-order valence-corrected chi connectivity index (χ4v) is 2.62. The molecule has 1 aliphatic rings. The molecule has 4 nitrogen and oxygen atoms in total. The Kier molecular flexibility index (Phi) is 3.80. The summed E-state index contributed by atoms with van der Waals surface area (Å²) in [5.74, 6) is 0. The van der Waals surface area contributed by atoms with E-state index in [0.29, 0.717) is 13.1 Å². The van der Waals surface area contributed by atoms with E-state index in [1.807, 2.05) is 6.92 Å². The Balaban J connectivity index is 2.21. The molecule has 2 atom stereocenters. The summed E-state index contributed by atoms with van der Waals surface area (Å²) in [4.78, 5) is 13.7. The SMILES string of the molecule is Cc1ccc(C2CN(CC(C)N)C(=O)N2)c(C)c1C. The van der Waals surface area contributed by atoms with Crippen LogP contribution in [0.1, 0.15) is 35.2 Å². The number of benzene rings is 1. The zero-order valence-corrected chi connectivity index (χ0v) is 12.2. The zero-order chi connectivity index (χ0) is 14.2. The summed E-state index contributed by atoms with van der Waals surface area (Å²) in [7, 11) is 0. The normalized spacial score (nSPS) is 20.6. The molecule has 2 rings (SSSR count). The van der Waals surface area contributed by atoms with Gasteiger partial charge in [0, 0.05) is 19.1 Å². The topological polar surface area (TPSA) is 58.4 Å². The summed E-state index contributed by atoms with van der Waals surface area (Å²) in [6, 6.07) is 4.31. The van der Waals surface area contributed by atoms with Gasteiger partial charge in [-0.1, -0.05) is 12.1 Å². The van der Waals surface area contributed by atoms with Crippen LogP contribution >= 0.6 is 0 Å². The Labute approximate surface area is 115 Å². The van der Waals surface area contributed by atoms with Crippen molar-refractivity contribution in [2.45, 2.75) is 39.8 Å². The highest BCUT2D eigenvalue weighted by Crippen LogP contribution is 2.26. The molecule has 1 aromatic carbocycles. The van der Waals surface area contributed by atoms with Gasteiger partial charge < -0.3 is 16.0 Å². The van der Waals surface area contributed by atoms with Crippen LogP contribution in [0.3, 0.4) is 0 Å². The van der Waals surface area contributed by atoms with Gasteiger partial charge in [0.05, 0.1) is 6.04 Å². The van der Waals surface area contributed by atoms with E-state index >= 15 is 0 Å². The van der Waals surface area contributed by atoms with Crippen LogP contribution in [0.15, 0.2) is 12.1 Å². The molecule has 1 saturated heterocycles. The average Bonchev–Trinajstić information content (AvgIpc) is 2.67. The van der Waals surface area contributed by atoms with Crippen LogP contribution < -0.4 is 11.1 Å². The summed E-state index contributed by atoms with van der Waals surface area (Å²) >= 11 is 0. The lowest BCUT2D eigenvalue weighted by atomic mass is 9.94. The van der Waals surface area contributed by atoms with E-state index in [9.17, 15) is 4.79 Å². The van der Waals surface area contributed by atoms with Crippen LogP contribution in [0.2, 0.25) is 0 Å². The molecular weight excluding hydrogens is 238 g/mol. The number of nitrogens with one attached hydrogen (secondary N) is 1. The molecule has 0 radical (unpaired) electrons. The molecule has 2 amide bonds. The van der Waals surface area contributed by atoms with E-state index in [4.69, 9.17) is 5.73 Å². The van der Waals surface area contributed by atoms with Gasteiger partial charge in [0.2, 0.25) is 0 Å². The number of aryl methyl sites for hydroxylation is 1. The Morgan fingerprint density at radius 3 is 2.68 bits per heavy atom. The van der Waals surface area contributed by atoms with E-state index in [-0.39, 0.29) is 18.1 Å². The number of rotatable bonds is 3. The Bertz CT molecular complexity index is 496. The largest absolute Gasteiger partial charge is 0.329 e. The maximum atomic E-state index is 11.9. The van der Waals surface area contributed by atoms with Crippen molar-refractivity contribution in [3.05, 3.63) is 34.4 Å². The lowest BCUT2D eigenvalue weighted by Crippen LogP contribution is -2.37. The van der Waals surface area contributed by atoms with Gasteiger partial charge in [-0.25, -0.2) is 4.79 Å². The number of hydrogen-bond acceptors (Lipinski definition) is 2. The van der Waals surface area contributed by atoms with E-state index < -0.39 is 0 Å². The van der Waals surface area contributed by atoms with Crippen molar-refractivity contribution in [1.29, 1.82) is 0 Å². The molecule has 4 heteroatoms. The molecule has 19 heavy (non-hydrogen) atoms. The average molecular weight is 261 g/mol. The molecule has 0 aliphatic carbocycles. The van der Waals surface area contributed by atoms with Gasteiger partial charge in [-0.15, -0.1) is 0 Å². The first-order valence-corrected chi connectivity index (χ1v) is 6.78. The zero-order valence-electron chi connectivity index (χ0n) is 12.2. The molecule has 104 valence electrons. The molecule has 1 aromatic rings. The molecule has 0 spiro atoms. The molecule has 0 aromatic heterocycles. The van der Waals surface area contributed by atoms with Gasteiger partial charge >= 0.3 is 6.03 Å². The number of amides is 2. The predicted molar refractivity (Wildman–Crippen MR) is 77.1 cm³/mol. The number of nitrogens with zero attached hydrogens (tertiary/aromatic N) is 1. The first-order chi connectivity index (χ1) is 8.90. The van der Waals surface area contributed by atoms with Gasteiger partial charge in [0.15, 0.2) is 0 Å². The van der Waals surface area contributed by atoms with Gasteiger partial charge in [-0.2, -0.15) is 0 Å². The van der Waals surface area contributed by atoms with Crippen molar-refractivity contribution < 1.29 is 4.79 Å². The number of carbonyl (C=O) groups excluding carboxylic acids is 1. The molecule has 0 bridgehead atoms. The van der Waals surface area contributed by atoms with Crippen LogP contribution in [-0.4, -0.2) is 30.1 Å². The first kappa shape index (κ1) is 13.9. The number of carbonyl (C=O) groups is 1. The highest BCUT2D eigenvalue weighted by molar-refractivity contribution is 5.77. The highest BCUT2D eigenvalue weighted by Gasteiger charge is 2.31. The standard InChI is InChI=1S/C15H23N3O/c1-9-5-6-13(12(4)11(9)3)14-8-18(7-10(2)16)15(19)17-14/h5-6,10,14H,7-8,16H2,1-4H3,(H,17,19). The van der Waals surface area contributed by atoms with E-state index in [2.05, 4.69) is 38.2 Å². The third-order valence-corrected chi connectivity index (χ3v) is 3.97. The molecular formula is C15H23N3O. The predicted octanol–water partition coefficient (Wildman–Crippen LogP) is 2.03. The Morgan fingerprint density at radius 1 is 1.37 bits per heavy atom. The summed E-state index contributed by atoms with van der Waals surface area (Å²) in [5.41, 5.74) is 10.8. The van der Waals surface area contributed by atoms with Crippen LogP contribution in [0.4, 0.5) is 4.79 Å². The van der Waals surface area contributed by atoms with Gasteiger partial charge in [-0.3, -0.25) is 0 Å². The smallest absolute Gasteiger partial charge is 0.318 e. The van der Waals surface area contributed by atoms with Crippen molar-refractivity contribution in [1.82, 2.24) is 10.2 Å². The van der Waals surface area contributed by atoms with Crippen LogP contribution in [0, 0.1) is 20.8 Å². The summed E-state index contributed by atoms with van der Waals surface area (Å²) in [6.45, 7) is 9.59. The lowest BCUT2D eigenvalue weighted by molar-refractivity contribution is 0.215. The monoisotopic (exact) mass is 261 g/mol. The highest BCUT2D eigenvalue weighted by atomic mass is 16.2. The minimum atomic E-state index is -0.0140. The number of hydrogen-bond donors (Lipinski definition) is 2. The van der Waals surface area contributed by atoms with Crippen molar-refractivity contribution in [2.24, 2.45) is 5.73 Å². The van der Waals surface area contributed by atoms with E-state index in [0.717, 1.165) is 0 Å². The molecule has 1 heterocycles. The van der Waals surface area contributed by atoms with Crippen LogP contribution in [-0.2, 0) is 0 Å².